The van der Waals surface area contributed by atoms with E-state index in [1.165, 1.54) is 36.3 Å². The van der Waals surface area contributed by atoms with E-state index in [1.54, 1.807) is 6.92 Å². The lowest BCUT2D eigenvalue weighted by Crippen LogP contribution is -2.48. The van der Waals surface area contributed by atoms with Crippen LogP contribution >= 0.6 is 0 Å². The summed E-state index contributed by atoms with van der Waals surface area (Å²) in [6.07, 6.45) is 5.21. The number of aromatic nitrogens is 2. The molecule has 2 fully saturated rings. The van der Waals surface area contributed by atoms with Gasteiger partial charge in [0.15, 0.2) is 0 Å². The molecule has 1 aliphatic carbocycles. The number of nitrogens with zero attached hydrogens (tertiary/aromatic N) is 5. The first-order valence-corrected chi connectivity index (χ1v) is 10.4. The summed E-state index contributed by atoms with van der Waals surface area (Å²) in [7, 11) is 0. The number of hydrogen-bond acceptors (Lipinski definition) is 4. The van der Waals surface area contributed by atoms with Crippen molar-refractivity contribution in [2.24, 2.45) is 0 Å². The summed E-state index contributed by atoms with van der Waals surface area (Å²) in [6.45, 7) is 8.43. The number of anilines is 1. The van der Waals surface area contributed by atoms with Gasteiger partial charge >= 0.3 is 0 Å². The van der Waals surface area contributed by atoms with Crippen molar-refractivity contribution in [3.63, 3.8) is 0 Å². The largest absolute Gasteiger partial charge is 0.368 e. The molecular formula is C21H29N5O. The van der Waals surface area contributed by atoms with Crippen molar-refractivity contribution < 1.29 is 4.79 Å². The van der Waals surface area contributed by atoms with Gasteiger partial charge in [-0.25, -0.2) is 4.98 Å². The van der Waals surface area contributed by atoms with Gasteiger partial charge in [-0.3, -0.25) is 9.69 Å². The SMILES string of the molecule is CC(=O)N1CCN(c2ccc3c(c2)nc2n3CCN(C3CCC3)CC2)CC1. The Morgan fingerprint density at radius 3 is 2.56 bits per heavy atom. The molecule has 144 valence electrons. The standard InChI is InChI=1S/C21H29N5O/c1-16(27)23-9-11-25(12-10-23)18-5-6-20-19(15-18)22-21-7-8-24(13-14-26(20)21)17-3-2-4-17/h5-6,15,17H,2-4,7-14H2,1H3. The zero-order chi connectivity index (χ0) is 18.4. The maximum atomic E-state index is 11.5. The van der Waals surface area contributed by atoms with Gasteiger partial charge in [-0.2, -0.15) is 0 Å². The highest BCUT2D eigenvalue weighted by Gasteiger charge is 2.27. The minimum Gasteiger partial charge on any atom is -0.368 e. The van der Waals surface area contributed by atoms with Crippen LogP contribution in [-0.2, 0) is 17.8 Å². The Labute approximate surface area is 160 Å². The molecule has 0 radical (unpaired) electrons. The van der Waals surface area contributed by atoms with Crippen LogP contribution in [0, 0.1) is 0 Å². The molecule has 3 aliphatic rings. The molecular weight excluding hydrogens is 338 g/mol. The Morgan fingerprint density at radius 2 is 1.85 bits per heavy atom. The second-order valence-corrected chi connectivity index (χ2v) is 8.22. The lowest BCUT2D eigenvalue weighted by Gasteiger charge is -2.36. The number of benzene rings is 1. The summed E-state index contributed by atoms with van der Waals surface area (Å²) in [5.41, 5.74) is 3.62. The molecule has 2 aliphatic heterocycles. The van der Waals surface area contributed by atoms with Crippen LogP contribution in [0.5, 0.6) is 0 Å². The third kappa shape index (κ3) is 3.10. The average Bonchev–Trinajstić information content (AvgIpc) is 2.86. The highest BCUT2D eigenvalue weighted by molar-refractivity contribution is 5.81. The van der Waals surface area contributed by atoms with Crippen LogP contribution in [0.4, 0.5) is 5.69 Å². The van der Waals surface area contributed by atoms with E-state index in [-0.39, 0.29) is 5.91 Å². The van der Waals surface area contributed by atoms with Gasteiger partial charge in [-0.05, 0) is 31.0 Å². The maximum Gasteiger partial charge on any atom is 0.219 e. The summed E-state index contributed by atoms with van der Waals surface area (Å²) in [6, 6.07) is 7.54. The molecule has 0 spiro atoms. The molecule has 1 aromatic carbocycles. The van der Waals surface area contributed by atoms with E-state index in [0.717, 1.165) is 63.8 Å². The molecule has 1 saturated heterocycles. The van der Waals surface area contributed by atoms with Crippen LogP contribution in [0.3, 0.4) is 0 Å². The van der Waals surface area contributed by atoms with Gasteiger partial charge in [0.25, 0.3) is 0 Å². The van der Waals surface area contributed by atoms with Crippen molar-refractivity contribution in [1.82, 2.24) is 19.4 Å². The first-order chi connectivity index (χ1) is 13.2. The lowest BCUT2D eigenvalue weighted by molar-refractivity contribution is -0.129. The Balaban J connectivity index is 1.34. The summed E-state index contributed by atoms with van der Waals surface area (Å²) in [4.78, 5) is 23.5. The van der Waals surface area contributed by atoms with Gasteiger partial charge in [0.2, 0.25) is 5.91 Å². The quantitative estimate of drug-likeness (QED) is 0.816. The average molecular weight is 367 g/mol. The van der Waals surface area contributed by atoms with Gasteiger partial charge in [-0.1, -0.05) is 6.42 Å². The van der Waals surface area contributed by atoms with Crippen LogP contribution in [-0.4, -0.2) is 70.6 Å². The van der Waals surface area contributed by atoms with Crippen LogP contribution < -0.4 is 4.90 Å². The zero-order valence-electron chi connectivity index (χ0n) is 16.2. The number of imidazole rings is 1. The molecule has 27 heavy (non-hydrogen) atoms. The number of rotatable bonds is 2. The van der Waals surface area contributed by atoms with Crippen LogP contribution in [0.15, 0.2) is 18.2 Å². The fourth-order valence-electron chi connectivity index (χ4n) is 4.79. The Kier molecular flexibility index (Phi) is 4.31. The molecule has 0 atom stereocenters. The third-order valence-electron chi connectivity index (χ3n) is 6.73. The monoisotopic (exact) mass is 367 g/mol. The topological polar surface area (TPSA) is 44.6 Å². The number of carbonyl (C=O) groups excluding carboxylic acids is 1. The van der Waals surface area contributed by atoms with E-state index in [1.807, 2.05) is 4.90 Å². The van der Waals surface area contributed by atoms with E-state index in [0.29, 0.717) is 0 Å². The molecule has 1 aromatic heterocycles. The summed E-state index contributed by atoms with van der Waals surface area (Å²) >= 11 is 0. The number of amides is 1. The number of fused-ring (bicyclic) bond motifs is 3. The Hall–Kier alpha value is -2.08. The molecule has 1 saturated carbocycles. The van der Waals surface area contributed by atoms with Gasteiger partial charge in [-0.15, -0.1) is 0 Å². The molecule has 5 rings (SSSR count). The van der Waals surface area contributed by atoms with Crippen LogP contribution in [0.25, 0.3) is 11.0 Å². The molecule has 1 amide bonds. The van der Waals surface area contributed by atoms with Gasteiger partial charge in [0.1, 0.15) is 5.82 Å². The van der Waals surface area contributed by atoms with E-state index < -0.39 is 0 Å². The van der Waals surface area contributed by atoms with E-state index in [4.69, 9.17) is 4.98 Å². The number of hydrogen-bond donors (Lipinski definition) is 0. The van der Waals surface area contributed by atoms with Crippen LogP contribution in [0.1, 0.15) is 32.0 Å². The summed E-state index contributed by atoms with van der Waals surface area (Å²) in [5.74, 6) is 1.42. The molecule has 0 bridgehead atoms. The highest BCUT2D eigenvalue weighted by Crippen LogP contribution is 2.28. The molecule has 0 unspecified atom stereocenters. The summed E-state index contributed by atoms with van der Waals surface area (Å²) in [5, 5.41) is 0. The minimum atomic E-state index is 0.180. The molecule has 3 heterocycles. The molecule has 6 nitrogen and oxygen atoms in total. The fourth-order valence-corrected chi connectivity index (χ4v) is 4.79. The van der Waals surface area contributed by atoms with E-state index >= 15 is 0 Å². The fraction of sp³-hybridized carbons (Fsp3) is 0.619. The number of piperazine rings is 1. The maximum absolute atomic E-state index is 11.5. The van der Waals surface area contributed by atoms with Crippen molar-refractivity contribution in [2.75, 3.05) is 44.2 Å². The first-order valence-electron chi connectivity index (χ1n) is 10.4. The van der Waals surface area contributed by atoms with Crippen molar-refractivity contribution in [3.05, 3.63) is 24.0 Å². The third-order valence-corrected chi connectivity index (χ3v) is 6.73. The van der Waals surface area contributed by atoms with Crippen molar-refractivity contribution in [2.45, 2.75) is 45.2 Å². The van der Waals surface area contributed by atoms with Gasteiger partial charge in [0, 0.05) is 70.9 Å². The highest BCUT2D eigenvalue weighted by atomic mass is 16.2. The van der Waals surface area contributed by atoms with Gasteiger partial charge < -0.3 is 14.4 Å². The van der Waals surface area contributed by atoms with Crippen molar-refractivity contribution in [1.29, 1.82) is 0 Å². The molecule has 0 N–H and O–H groups in total. The lowest BCUT2D eigenvalue weighted by atomic mass is 9.91. The molecule has 2 aromatic rings. The summed E-state index contributed by atoms with van der Waals surface area (Å²) < 4.78 is 2.44. The Morgan fingerprint density at radius 1 is 1.04 bits per heavy atom. The predicted octanol–water partition coefficient (Wildman–Crippen LogP) is 2.12. The predicted molar refractivity (Wildman–Crippen MR) is 107 cm³/mol. The smallest absolute Gasteiger partial charge is 0.219 e. The van der Waals surface area contributed by atoms with Crippen LogP contribution in [0.2, 0.25) is 0 Å². The first kappa shape index (κ1) is 17.0. The van der Waals surface area contributed by atoms with Crippen molar-refractivity contribution >= 4 is 22.6 Å². The second kappa shape index (κ2) is 6.82. The van der Waals surface area contributed by atoms with E-state index in [9.17, 15) is 4.79 Å². The van der Waals surface area contributed by atoms with Crippen molar-refractivity contribution in [3.8, 4) is 0 Å². The van der Waals surface area contributed by atoms with E-state index in [2.05, 4.69) is 32.6 Å². The zero-order valence-corrected chi connectivity index (χ0v) is 16.2. The second-order valence-electron chi connectivity index (χ2n) is 8.22. The normalized spacial score (nSPS) is 21.8. The number of carbonyl (C=O) groups is 1. The Bertz CT molecular complexity index is 848. The minimum absolute atomic E-state index is 0.180. The van der Waals surface area contributed by atoms with Gasteiger partial charge in [0.05, 0.1) is 11.0 Å². The molecule has 6 heteroatoms.